The third kappa shape index (κ3) is 3.21. The van der Waals surface area contributed by atoms with Crippen molar-refractivity contribution >= 4 is 23.4 Å². The Morgan fingerprint density at radius 3 is 2.77 bits per heavy atom. The molecule has 0 radical (unpaired) electrons. The lowest BCUT2D eigenvalue weighted by Crippen LogP contribution is -1.87. The van der Waals surface area contributed by atoms with Gasteiger partial charge in [0.1, 0.15) is 0 Å². The van der Waals surface area contributed by atoms with E-state index in [1.165, 1.54) is 17.2 Å². The molecule has 0 amide bonds. The Kier molecular flexibility index (Phi) is 3.40. The SMILES string of the molecule is Nc1ccccc1SC=CC(=O)O. The van der Waals surface area contributed by atoms with E-state index in [1.54, 1.807) is 6.07 Å². The van der Waals surface area contributed by atoms with Crippen molar-refractivity contribution in [1.82, 2.24) is 0 Å². The van der Waals surface area contributed by atoms with Gasteiger partial charge in [-0.25, -0.2) is 4.79 Å². The average molecular weight is 195 g/mol. The fourth-order valence-electron chi connectivity index (χ4n) is 0.753. The number of hydrogen-bond donors (Lipinski definition) is 2. The zero-order valence-corrected chi connectivity index (χ0v) is 7.62. The molecular weight excluding hydrogens is 186 g/mol. The average Bonchev–Trinajstić information content (AvgIpc) is 2.08. The second-order valence-corrected chi connectivity index (χ2v) is 3.24. The molecular formula is C9H9NO2S. The summed E-state index contributed by atoms with van der Waals surface area (Å²) in [5.41, 5.74) is 6.29. The van der Waals surface area contributed by atoms with Crippen molar-refractivity contribution in [3.63, 3.8) is 0 Å². The number of carboxylic acid groups (broad SMARTS) is 1. The molecule has 0 spiro atoms. The molecule has 1 aromatic rings. The Bertz CT molecular complexity index is 336. The molecule has 1 aromatic carbocycles. The van der Waals surface area contributed by atoms with Gasteiger partial charge in [-0.3, -0.25) is 0 Å². The first-order valence-electron chi connectivity index (χ1n) is 3.61. The van der Waals surface area contributed by atoms with Gasteiger partial charge in [0.25, 0.3) is 0 Å². The molecule has 4 heteroatoms. The maximum atomic E-state index is 10.1. The van der Waals surface area contributed by atoms with Gasteiger partial charge < -0.3 is 10.8 Å². The molecule has 0 saturated heterocycles. The van der Waals surface area contributed by atoms with Gasteiger partial charge in [-0.2, -0.15) is 0 Å². The van der Waals surface area contributed by atoms with Crippen LogP contribution >= 0.6 is 11.8 Å². The summed E-state index contributed by atoms with van der Waals surface area (Å²) in [5.74, 6) is -0.956. The predicted molar refractivity (Wildman–Crippen MR) is 53.5 cm³/mol. The number of benzene rings is 1. The third-order valence-corrected chi connectivity index (χ3v) is 2.22. The van der Waals surface area contributed by atoms with E-state index in [9.17, 15) is 4.79 Å². The van der Waals surface area contributed by atoms with Crippen LogP contribution in [0.2, 0.25) is 0 Å². The van der Waals surface area contributed by atoms with Gasteiger partial charge in [-0.1, -0.05) is 23.9 Å². The Morgan fingerprint density at radius 1 is 1.46 bits per heavy atom. The lowest BCUT2D eigenvalue weighted by atomic mass is 10.3. The van der Waals surface area contributed by atoms with Crippen molar-refractivity contribution < 1.29 is 9.90 Å². The minimum atomic E-state index is -0.956. The second kappa shape index (κ2) is 4.57. The van der Waals surface area contributed by atoms with Gasteiger partial charge in [0.2, 0.25) is 0 Å². The van der Waals surface area contributed by atoms with E-state index in [4.69, 9.17) is 10.8 Å². The molecule has 0 heterocycles. The molecule has 0 saturated carbocycles. The van der Waals surface area contributed by atoms with Gasteiger partial charge in [0.15, 0.2) is 0 Å². The van der Waals surface area contributed by atoms with Crippen LogP contribution in [0.3, 0.4) is 0 Å². The van der Waals surface area contributed by atoms with Crippen molar-refractivity contribution in [1.29, 1.82) is 0 Å². The molecule has 0 aromatic heterocycles. The highest BCUT2D eigenvalue weighted by molar-refractivity contribution is 8.02. The quantitative estimate of drug-likeness (QED) is 0.439. The molecule has 0 unspecified atom stereocenters. The summed E-state index contributed by atoms with van der Waals surface area (Å²) in [6.45, 7) is 0. The lowest BCUT2D eigenvalue weighted by Gasteiger charge is -1.99. The zero-order chi connectivity index (χ0) is 9.68. The number of nitrogen functional groups attached to an aromatic ring is 1. The number of carboxylic acids is 1. The van der Waals surface area contributed by atoms with Gasteiger partial charge >= 0.3 is 5.97 Å². The Morgan fingerprint density at radius 2 is 2.15 bits per heavy atom. The number of aliphatic carboxylic acids is 1. The Balaban J connectivity index is 2.64. The van der Waals surface area contributed by atoms with Crippen LogP contribution in [-0.2, 0) is 4.79 Å². The molecule has 0 aliphatic rings. The summed E-state index contributed by atoms with van der Waals surface area (Å²) in [4.78, 5) is 11.0. The van der Waals surface area contributed by atoms with Crippen molar-refractivity contribution in [3.05, 3.63) is 35.7 Å². The van der Waals surface area contributed by atoms with E-state index in [2.05, 4.69) is 0 Å². The molecule has 1 rings (SSSR count). The Hall–Kier alpha value is -1.42. The molecule has 0 aliphatic carbocycles. The highest BCUT2D eigenvalue weighted by Gasteiger charge is 1.95. The number of anilines is 1. The van der Waals surface area contributed by atoms with Crippen LogP contribution < -0.4 is 5.73 Å². The molecule has 68 valence electrons. The van der Waals surface area contributed by atoms with Crippen LogP contribution in [0.15, 0.2) is 40.6 Å². The maximum absolute atomic E-state index is 10.1. The van der Waals surface area contributed by atoms with Crippen LogP contribution in [0.4, 0.5) is 5.69 Å². The van der Waals surface area contributed by atoms with Crippen molar-refractivity contribution in [3.8, 4) is 0 Å². The largest absolute Gasteiger partial charge is 0.478 e. The van der Waals surface area contributed by atoms with E-state index in [-0.39, 0.29) is 0 Å². The summed E-state index contributed by atoms with van der Waals surface area (Å²) in [7, 11) is 0. The van der Waals surface area contributed by atoms with Gasteiger partial charge in [-0.05, 0) is 17.5 Å². The third-order valence-electron chi connectivity index (χ3n) is 1.32. The summed E-state index contributed by atoms with van der Waals surface area (Å²) >= 11 is 1.29. The summed E-state index contributed by atoms with van der Waals surface area (Å²) in [5, 5.41) is 9.82. The first-order chi connectivity index (χ1) is 6.20. The van der Waals surface area contributed by atoms with Crippen LogP contribution in [-0.4, -0.2) is 11.1 Å². The van der Waals surface area contributed by atoms with Crippen LogP contribution in [0, 0.1) is 0 Å². The monoisotopic (exact) mass is 195 g/mol. The van der Waals surface area contributed by atoms with Crippen LogP contribution in [0.25, 0.3) is 0 Å². The summed E-state index contributed by atoms with van der Waals surface area (Å²) < 4.78 is 0. The van der Waals surface area contributed by atoms with Gasteiger partial charge in [0.05, 0.1) is 0 Å². The number of nitrogens with two attached hydrogens (primary N) is 1. The standard InChI is InChI=1S/C9H9NO2S/c10-7-3-1-2-4-8(7)13-6-5-9(11)12/h1-6H,10H2,(H,11,12). The summed E-state index contributed by atoms with van der Waals surface area (Å²) in [6.07, 6.45) is 1.08. The Labute approximate surface area is 80.3 Å². The van der Waals surface area contributed by atoms with Gasteiger partial charge in [-0.15, -0.1) is 0 Å². The van der Waals surface area contributed by atoms with Crippen molar-refractivity contribution in [2.24, 2.45) is 0 Å². The number of thioether (sulfide) groups is 1. The fraction of sp³-hybridized carbons (Fsp3) is 0. The van der Waals surface area contributed by atoms with Crippen molar-refractivity contribution in [2.75, 3.05) is 5.73 Å². The molecule has 0 bridgehead atoms. The molecule has 0 aliphatic heterocycles. The first kappa shape index (κ1) is 9.67. The molecule has 3 N–H and O–H groups in total. The second-order valence-electron chi connectivity index (χ2n) is 2.30. The molecule has 0 atom stereocenters. The highest BCUT2D eigenvalue weighted by atomic mass is 32.2. The lowest BCUT2D eigenvalue weighted by molar-refractivity contribution is -0.131. The van der Waals surface area contributed by atoms with E-state index >= 15 is 0 Å². The van der Waals surface area contributed by atoms with E-state index in [0.29, 0.717) is 5.69 Å². The maximum Gasteiger partial charge on any atom is 0.328 e. The predicted octanol–water partition coefficient (Wildman–Crippen LogP) is 1.96. The normalized spacial score (nSPS) is 10.5. The summed E-state index contributed by atoms with van der Waals surface area (Å²) in [6, 6.07) is 7.30. The van der Waals surface area contributed by atoms with Gasteiger partial charge in [0, 0.05) is 16.7 Å². The van der Waals surface area contributed by atoms with Crippen LogP contribution in [0.1, 0.15) is 0 Å². The molecule has 13 heavy (non-hydrogen) atoms. The van der Waals surface area contributed by atoms with E-state index < -0.39 is 5.97 Å². The molecule has 0 fully saturated rings. The topological polar surface area (TPSA) is 63.3 Å². The number of para-hydroxylation sites is 1. The number of hydrogen-bond acceptors (Lipinski definition) is 3. The number of carbonyl (C=O) groups is 1. The first-order valence-corrected chi connectivity index (χ1v) is 4.49. The minimum Gasteiger partial charge on any atom is -0.478 e. The van der Waals surface area contributed by atoms with Crippen molar-refractivity contribution in [2.45, 2.75) is 4.90 Å². The number of rotatable bonds is 3. The zero-order valence-electron chi connectivity index (χ0n) is 6.81. The minimum absolute atomic E-state index is 0.655. The fourth-order valence-corrected chi connectivity index (χ4v) is 1.45. The van der Waals surface area contributed by atoms with E-state index in [0.717, 1.165) is 11.0 Å². The molecule has 3 nitrogen and oxygen atoms in total. The van der Waals surface area contributed by atoms with E-state index in [1.807, 2.05) is 18.2 Å². The smallest absolute Gasteiger partial charge is 0.328 e. The highest BCUT2D eigenvalue weighted by Crippen LogP contribution is 2.24. The van der Waals surface area contributed by atoms with Crippen LogP contribution in [0.5, 0.6) is 0 Å².